The van der Waals surface area contributed by atoms with Gasteiger partial charge in [-0.25, -0.2) is 4.98 Å². The van der Waals surface area contributed by atoms with Crippen LogP contribution in [-0.2, 0) is 11.2 Å². The minimum atomic E-state index is -0.0159. The molecule has 1 aromatic carbocycles. The maximum atomic E-state index is 11.8. The molecular formula is C15H19Cl2N3O3S. The highest BCUT2D eigenvalue weighted by Gasteiger charge is 2.15. The molecule has 0 bridgehead atoms. The molecule has 1 aliphatic heterocycles. The molecule has 132 valence electrons. The Morgan fingerprint density at radius 3 is 2.83 bits per heavy atom. The van der Waals surface area contributed by atoms with Crippen molar-refractivity contribution >= 4 is 42.1 Å². The van der Waals surface area contributed by atoms with Gasteiger partial charge < -0.3 is 20.1 Å². The molecule has 0 unspecified atom stereocenters. The van der Waals surface area contributed by atoms with Crippen molar-refractivity contribution in [3.63, 3.8) is 0 Å². The molecule has 1 aromatic heterocycles. The predicted molar refractivity (Wildman–Crippen MR) is 98.8 cm³/mol. The second-order valence-corrected chi connectivity index (χ2v) is 5.70. The zero-order chi connectivity index (χ0) is 15.4. The molecule has 2 aromatic rings. The number of nitrogens with zero attached hydrogens (tertiary/aromatic N) is 1. The molecule has 9 heteroatoms. The summed E-state index contributed by atoms with van der Waals surface area (Å²) in [6, 6.07) is 5.74. The van der Waals surface area contributed by atoms with Crippen LogP contribution in [0.1, 0.15) is 5.69 Å². The monoisotopic (exact) mass is 391 g/mol. The Labute approximate surface area is 156 Å². The van der Waals surface area contributed by atoms with Crippen LogP contribution in [0.25, 0.3) is 10.6 Å². The number of carbonyl (C=O) groups is 1. The minimum Gasteiger partial charge on any atom is -0.454 e. The molecule has 24 heavy (non-hydrogen) atoms. The summed E-state index contributed by atoms with van der Waals surface area (Å²) in [5, 5.41) is 8.61. The van der Waals surface area contributed by atoms with Crippen molar-refractivity contribution < 1.29 is 14.3 Å². The van der Waals surface area contributed by atoms with E-state index in [1.165, 1.54) is 11.3 Å². The van der Waals surface area contributed by atoms with Crippen LogP contribution in [0.3, 0.4) is 0 Å². The Kier molecular flexibility index (Phi) is 8.27. The number of benzene rings is 1. The van der Waals surface area contributed by atoms with E-state index in [4.69, 9.17) is 9.47 Å². The number of aromatic nitrogens is 1. The van der Waals surface area contributed by atoms with Gasteiger partial charge >= 0.3 is 0 Å². The molecule has 0 atom stereocenters. The van der Waals surface area contributed by atoms with Gasteiger partial charge in [-0.05, 0) is 25.2 Å². The number of carbonyl (C=O) groups excluding carboxylic acids is 1. The second-order valence-electron chi connectivity index (χ2n) is 4.84. The molecule has 0 spiro atoms. The van der Waals surface area contributed by atoms with Crippen molar-refractivity contribution in [2.24, 2.45) is 0 Å². The lowest BCUT2D eigenvalue weighted by molar-refractivity contribution is -0.120. The third-order valence-electron chi connectivity index (χ3n) is 3.21. The number of ether oxygens (including phenoxy) is 2. The Bertz CT molecular complexity index is 682. The number of rotatable bonds is 6. The molecule has 6 nitrogen and oxygen atoms in total. The molecule has 3 rings (SSSR count). The normalized spacial score (nSPS) is 11.4. The summed E-state index contributed by atoms with van der Waals surface area (Å²) in [6.07, 6.45) is 0.296. The summed E-state index contributed by atoms with van der Waals surface area (Å²) in [5.74, 6) is 1.47. The van der Waals surface area contributed by atoms with Crippen LogP contribution in [-0.4, -0.2) is 37.8 Å². The first-order valence-corrected chi connectivity index (χ1v) is 7.90. The number of likely N-dealkylation sites (N-methyl/N-ethyl adjacent to an activating group) is 1. The highest BCUT2D eigenvalue weighted by atomic mass is 35.5. The van der Waals surface area contributed by atoms with E-state index in [2.05, 4.69) is 15.6 Å². The number of thiazole rings is 1. The maximum Gasteiger partial charge on any atom is 0.231 e. The Morgan fingerprint density at radius 2 is 2.04 bits per heavy atom. The fraction of sp³-hybridized carbons (Fsp3) is 0.333. The summed E-state index contributed by atoms with van der Waals surface area (Å²) in [7, 11) is 1.85. The third kappa shape index (κ3) is 4.98. The number of halogens is 2. The minimum absolute atomic E-state index is 0. The van der Waals surface area contributed by atoms with Gasteiger partial charge in [0.1, 0.15) is 5.01 Å². The van der Waals surface area contributed by atoms with Crippen LogP contribution in [0.2, 0.25) is 0 Å². The molecular weight excluding hydrogens is 373 g/mol. The summed E-state index contributed by atoms with van der Waals surface area (Å²) in [6.45, 7) is 1.63. The molecule has 0 saturated heterocycles. The van der Waals surface area contributed by atoms with Gasteiger partial charge in [-0.15, -0.1) is 36.2 Å². The molecule has 0 radical (unpaired) electrons. The van der Waals surface area contributed by atoms with Crippen LogP contribution in [0.15, 0.2) is 23.6 Å². The fourth-order valence-electron chi connectivity index (χ4n) is 2.10. The zero-order valence-electron chi connectivity index (χ0n) is 13.0. The second kappa shape index (κ2) is 9.68. The molecule has 2 N–H and O–H groups in total. The van der Waals surface area contributed by atoms with E-state index in [-0.39, 0.29) is 37.5 Å². The number of amides is 1. The van der Waals surface area contributed by atoms with Gasteiger partial charge in [-0.1, -0.05) is 0 Å². The largest absolute Gasteiger partial charge is 0.454 e. The van der Waals surface area contributed by atoms with Gasteiger partial charge in [-0.2, -0.15) is 0 Å². The van der Waals surface area contributed by atoms with E-state index in [9.17, 15) is 4.79 Å². The van der Waals surface area contributed by atoms with Gasteiger partial charge in [0.2, 0.25) is 12.7 Å². The molecule has 1 aliphatic rings. The quantitative estimate of drug-likeness (QED) is 0.738. The van der Waals surface area contributed by atoms with Crippen LogP contribution >= 0.6 is 36.2 Å². The van der Waals surface area contributed by atoms with E-state index in [0.717, 1.165) is 34.3 Å². The average Bonchev–Trinajstić information content (AvgIpc) is 3.15. The Hall–Kier alpha value is -1.54. The van der Waals surface area contributed by atoms with Gasteiger partial charge in [0.05, 0.1) is 12.1 Å². The van der Waals surface area contributed by atoms with Crippen LogP contribution in [0.5, 0.6) is 11.5 Å². The fourth-order valence-corrected chi connectivity index (χ4v) is 2.92. The molecule has 2 heterocycles. The number of fused-ring (bicyclic) bond motifs is 1. The lowest BCUT2D eigenvalue weighted by atomic mass is 10.2. The molecule has 0 aliphatic carbocycles. The van der Waals surface area contributed by atoms with Crippen molar-refractivity contribution in [1.29, 1.82) is 0 Å². The van der Waals surface area contributed by atoms with Crippen LogP contribution in [0, 0.1) is 0 Å². The number of nitrogens with one attached hydrogen (secondary N) is 2. The first-order valence-electron chi connectivity index (χ1n) is 7.02. The summed E-state index contributed by atoms with van der Waals surface area (Å²) in [4.78, 5) is 16.3. The van der Waals surface area contributed by atoms with Gasteiger partial charge in [0, 0.05) is 24.0 Å². The van der Waals surface area contributed by atoms with Crippen molar-refractivity contribution in [3.05, 3.63) is 29.3 Å². The van der Waals surface area contributed by atoms with Crippen LogP contribution in [0.4, 0.5) is 0 Å². The SMILES string of the molecule is CNCCNC(=O)Cc1csc(-c2ccc3c(c2)OCO3)n1.Cl.Cl. The first-order chi connectivity index (χ1) is 10.8. The lowest BCUT2D eigenvalue weighted by Crippen LogP contribution is -2.31. The van der Waals surface area contributed by atoms with Crippen molar-refractivity contribution in [3.8, 4) is 22.1 Å². The lowest BCUT2D eigenvalue weighted by Gasteiger charge is -2.02. The van der Waals surface area contributed by atoms with E-state index >= 15 is 0 Å². The number of hydrogen-bond acceptors (Lipinski definition) is 6. The van der Waals surface area contributed by atoms with Gasteiger partial charge in [0.25, 0.3) is 0 Å². The Morgan fingerprint density at radius 1 is 1.25 bits per heavy atom. The van der Waals surface area contributed by atoms with Crippen molar-refractivity contribution in [1.82, 2.24) is 15.6 Å². The Balaban J connectivity index is 0.00000144. The van der Waals surface area contributed by atoms with Gasteiger partial charge in [0.15, 0.2) is 11.5 Å². The summed E-state index contributed by atoms with van der Waals surface area (Å²) < 4.78 is 10.7. The summed E-state index contributed by atoms with van der Waals surface area (Å²) >= 11 is 1.52. The van der Waals surface area contributed by atoms with Crippen molar-refractivity contribution in [2.75, 3.05) is 26.9 Å². The van der Waals surface area contributed by atoms with E-state index in [1.54, 1.807) is 0 Å². The number of hydrogen-bond donors (Lipinski definition) is 2. The first kappa shape index (κ1) is 20.5. The molecule has 1 amide bonds. The highest BCUT2D eigenvalue weighted by Crippen LogP contribution is 2.36. The molecule has 0 saturated carbocycles. The van der Waals surface area contributed by atoms with E-state index in [0.29, 0.717) is 13.0 Å². The van der Waals surface area contributed by atoms with Crippen molar-refractivity contribution in [2.45, 2.75) is 6.42 Å². The standard InChI is InChI=1S/C15H17N3O3S.2ClH/c1-16-4-5-17-14(19)7-11-8-22-15(18-11)10-2-3-12-13(6-10)21-9-20-12;;/h2-3,6,8,16H,4-5,7,9H2,1H3,(H,17,19);2*1H. The maximum absolute atomic E-state index is 11.8. The third-order valence-corrected chi connectivity index (χ3v) is 4.15. The van der Waals surface area contributed by atoms with E-state index < -0.39 is 0 Å². The summed E-state index contributed by atoms with van der Waals surface area (Å²) in [5.41, 5.74) is 1.75. The topological polar surface area (TPSA) is 72.5 Å². The predicted octanol–water partition coefficient (Wildman–Crippen LogP) is 2.26. The van der Waals surface area contributed by atoms with Gasteiger partial charge in [-0.3, -0.25) is 4.79 Å². The highest BCUT2D eigenvalue weighted by molar-refractivity contribution is 7.13. The molecule has 0 fully saturated rings. The zero-order valence-corrected chi connectivity index (χ0v) is 15.5. The average molecular weight is 392 g/mol. The van der Waals surface area contributed by atoms with Crippen LogP contribution < -0.4 is 20.1 Å². The smallest absolute Gasteiger partial charge is 0.231 e. The van der Waals surface area contributed by atoms with E-state index in [1.807, 2.05) is 30.6 Å².